The van der Waals surface area contributed by atoms with Crippen LogP contribution in [0.3, 0.4) is 0 Å². The fourth-order valence-electron chi connectivity index (χ4n) is 0.696. The number of amides is 1. The van der Waals surface area contributed by atoms with Crippen LogP contribution in [0.5, 0.6) is 0 Å². The number of carbonyl (C=O) groups excluding carboxylic acids is 1. The van der Waals surface area contributed by atoms with Gasteiger partial charge in [-0.25, -0.2) is 0 Å². The maximum atomic E-state index is 11.0. The zero-order valence-electron chi connectivity index (χ0n) is 7.13. The van der Waals surface area contributed by atoms with Crippen LogP contribution < -0.4 is 16.8 Å². The van der Waals surface area contributed by atoms with E-state index in [0.717, 1.165) is 6.42 Å². The molecule has 1 unspecified atom stereocenters. The van der Waals surface area contributed by atoms with E-state index in [2.05, 4.69) is 5.32 Å². The summed E-state index contributed by atoms with van der Waals surface area (Å²) in [5.41, 5.74) is 10.6. The molecule has 0 fully saturated rings. The van der Waals surface area contributed by atoms with Gasteiger partial charge >= 0.3 is 0 Å². The first-order chi connectivity index (χ1) is 5.07. The summed E-state index contributed by atoms with van der Waals surface area (Å²) in [4.78, 5) is 11.0. The molecule has 0 spiro atoms. The van der Waals surface area contributed by atoms with E-state index in [1.807, 2.05) is 6.92 Å². The Morgan fingerprint density at radius 2 is 2.09 bits per heavy atom. The fourth-order valence-corrected chi connectivity index (χ4v) is 0.696. The Balaban J connectivity index is 3.57. The van der Waals surface area contributed by atoms with E-state index in [9.17, 15) is 4.79 Å². The smallest absolute Gasteiger partial charge is 0.236 e. The number of hydrogen-bond acceptors (Lipinski definition) is 3. The zero-order chi connectivity index (χ0) is 8.85. The van der Waals surface area contributed by atoms with Gasteiger partial charge < -0.3 is 16.8 Å². The fraction of sp³-hybridized carbons (Fsp3) is 0.857. The van der Waals surface area contributed by atoms with Crippen molar-refractivity contribution in [2.75, 3.05) is 6.54 Å². The third kappa shape index (κ3) is 4.75. The lowest BCUT2D eigenvalue weighted by Crippen LogP contribution is -2.43. The van der Waals surface area contributed by atoms with Crippen LogP contribution >= 0.6 is 0 Å². The predicted octanol–water partition coefficient (Wildman–Crippen LogP) is -0.813. The molecular weight excluding hydrogens is 142 g/mol. The van der Waals surface area contributed by atoms with Gasteiger partial charge in [-0.3, -0.25) is 4.79 Å². The summed E-state index contributed by atoms with van der Waals surface area (Å²) in [6.45, 7) is 4.15. The number of nitrogens with two attached hydrogens (primary N) is 2. The maximum absolute atomic E-state index is 11.0. The minimum atomic E-state index is -0.435. The first-order valence-corrected chi connectivity index (χ1v) is 3.84. The number of carbonyl (C=O) groups is 1. The topological polar surface area (TPSA) is 81.1 Å². The predicted molar refractivity (Wildman–Crippen MR) is 44.9 cm³/mol. The van der Waals surface area contributed by atoms with Gasteiger partial charge in [0.25, 0.3) is 0 Å². The molecule has 5 N–H and O–H groups in total. The molecule has 2 atom stereocenters. The van der Waals surface area contributed by atoms with Crippen LogP contribution in [0.25, 0.3) is 0 Å². The van der Waals surface area contributed by atoms with Crippen LogP contribution in [0, 0.1) is 0 Å². The molecule has 0 heterocycles. The van der Waals surface area contributed by atoms with Gasteiger partial charge in [0.05, 0.1) is 6.04 Å². The van der Waals surface area contributed by atoms with Crippen molar-refractivity contribution in [2.24, 2.45) is 11.5 Å². The molecule has 0 bridgehead atoms. The highest BCUT2D eigenvalue weighted by atomic mass is 16.2. The Morgan fingerprint density at radius 1 is 1.55 bits per heavy atom. The molecule has 0 aliphatic carbocycles. The van der Waals surface area contributed by atoms with Crippen molar-refractivity contribution in [3.8, 4) is 0 Å². The lowest BCUT2D eigenvalue weighted by atomic mass is 10.2. The monoisotopic (exact) mass is 159 g/mol. The highest BCUT2D eigenvalue weighted by Gasteiger charge is 2.09. The van der Waals surface area contributed by atoms with Crippen LogP contribution in [0.4, 0.5) is 0 Å². The number of nitrogens with one attached hydrogen (secondary N) is 1. The van der Waals surface area contributed by atoms with Crippen molar-refractivity contribution < 1.29 is 4.79 Å². The van der Waals surface area contributed by atoms with E-state index in [0.29, 0.717) is 6.54 Å². The molecule has 1 amide bonds. The van der Waals surface area contributed by atoms with Crippen molar-refractivity contribution in [1.29, 1.82) is 0 Å². The summed E-state index contributed by atoms with van der Waals surface area (Å²) < 4.78 is 0. The number of hydrogen-bond donors (Lipinski definition) is 3. The molecule has 0 aliphatic heterocycles. The average molecular weight is 159 g/mol. The summed E-state index contributed by atoms with van der Waals surface area (Å²) in [6, 6.07) is -0.311. The number of rotatable bonds is 4. The van der Waals surface area contributed by atoms with E-state index >= 15 is 0 Å². The Labute approximate surface area is 67.3 Å². The molecule has 11 heavy (non-hydrogen) atoms. The third-order valence-electron chi connectivity index (χ3n) is 1.40. The van der Waals surface area contributed by atoms with E-state index in [4.69, 9.17) is 11.5 Å². The molecule has 0 rings (SSSR count). The van der Waals surface area contributed by atoms with Gasteiger partial charge in [0.1, 0.15) is 0 Å². The summed E-state index contributed by atoms with van der Waals surface area (Å²) in [5.74, 6) is -0.119. The maximum Gasteiger partial charge on any atom is 0.236 e. The summed E-state index contributed by atoms with van der Waals surface area (Å²) in [7, 11) is 0. The van der Waals surface area contributed by atoms with Crippen molar-refractivity contribution in [3.05, 3.63) is 0 Å². The van der Waals surface area contributed by atoms with Crippen LogP contribution in [0.2, 0.25) is 0 Å². The summed E-state index contributed by atoms with van der Waals surface area (Å²) in [6.07, 6.45) is 0.790. The molecular formula is C7H17N3O. The van der Waals surface area contributed by atoms with Crippen molar-refractivity contribution in [3.63, 3.8) is 0 Å². The zero-order valence-corrected chi connectivity index (χ0v) is 7.13. The molecule has 0 radical (unpaired) electrons. The van der Waals surface area contributed by atoms with Crippen molar-refractivity contribution >= 4 is 5.91 Å². The highest BCUT2D eigenvalue weighted by Crippen LogP contribution is 1.87. The second kappa shape index (κ2) is 5.09. The highest BCUT2D eigenvalue weighted by molar-refractivity contribution is 5.81. The SMILES string of the molecule is CC(CCN)NC(=O)[C@@H](C)N. The molecule has 4 heteroatoms. The van der Waals surface area contributed by atoms with Gasteiger partial charge in [0, 0.05) is 6.04 Å². The largest absolute Gasteiger partial charge is 0.352 e. The third-order valence-corrected chi connectivity index (χ3v) is 1.40. The Hall–Kier alpha value is -0.610. The van der Waals surface area contributed by atoms with Crippen LogP contribution in [-0.2, 0) is 4.79 Å². The molecule has 4 nitrogen and oxygen atoms in total. The first kappa shape index (κ1) is 10.4. The van der Waals surface area contributed by atoms with E-state index < -0.39 is 6.04 Å². The second-order valence-electron chi connectivity index (χ2n) is 2.78. The molecule has 0 aromatic rings. The van der Waals surface area contributed by atoms with Crippen molar-refractivity contribution in [1.82, 2.24) is 5.32 Å². The Kier molecular flexibility index (Phi) is 4.81. The van der Waals surface area contributed by atoms with Gasteiger partial charge in [-0.2, -0.15) is 0 Å². The van der Waals surface area contributed by atoms with Gasteiger partial charge in [0.15, 0.2) is 0 Å². The Bertz CT molecular complexity index is 125. The first-order valence-electron chi connectivity index (χ1n) is 3.84. The minimum Gasteiger partial charge on any atom is -0.352 e. The van der Waals surface area contributed by atoms with E-state index in [1.54, 1.807) is 6.92 Å². The van der Waals surface area contributed by atoms with Gasteiger partial charge in [-0.1, -0.05) is 0 Å². The quantitative estimate of drug-likeness (QED) is 0.501. The van der Waals surface area contributed by atoms with Gasteiger partial charge in [-0.15, -0.1) is 0 Å². The molecule has 0 aromatic carbocycles. The molecule has 0 aromatic heterocycles. The molecule has 0 saturated heterocycles. The lowest BCUT2D eigenvalue weighted by molar-refractivity contribution is -0.122. The second-order valence-corrected chi connectivity index (χ2v) is 2.78. The standard InChI is InChI=1S/C7H17N3O/c1-5(3-4-8)10-7(11)6(2)9/h5-6H,3-4,8-9H2,1-2H3,(H,10,11)/t5?,6-/m1/s1. The summed E-state index contributed by atoms with van der Waals surface area (Å²) in [5, 5.41) is 2.74. The molecule has 66 valence electrons. The van der Waals surface area contributed by atoms with E-state index in [1.165, 1.54) is 0 Å². The van der Waals surface area contributed by atoms with E-state index in [-0.39, 0.29) is 11.9 Å². The minimum absolute atomic E-state index is 0.119. The van der Waals surface area contributed by atoms with Gasteiger partial charge in [0.2, 0.25) is 5.91 Å². The van der Waals surface area contributed by atoms with Crippen molar-refractivity contribution in [2.45, 2.75) is 32.4 Å². The van der Waals surface area contributed by atoms with Crippen LogP contribution in [0.1, 0.15) is 20.3 Å². The van der Waals surface area contributed by atoms with Gasteiger partial charge in [-0.05, 0) is 26.8 Å². The lowest BCUT2D eigenvalue weighted by Gasteiger charge is -2.13. The Morgan fingerprint density at radius 3 is 2.45 bits per heavy atom. The normalized spacial score (nSPS) is 15.6. The van der Waals surface area contributed by atoms with Crippen LogP contribution in [0.15, 0.2) is 0 Å². The van der Waals surface area contributed by atoms with Crippen LogP contribution in [-0.4, -0.2) is 24.5 Å². The average Bonchev–Trinajstić information content (AvgIpc) is 1.87. The summed E-state index contributed by atoms with van der Waals surface area (Å²) >= 11 is 0. The molecule has 0 saturated carbocycles. The molecule has 0 aliphatic rings.